The third kappa shape index (κ3) is 5.08. The number of ether oxygens (including phenoxy) is 1. The third-order valence-electron chi connectivity index (χ3n) is 4.84. The molecule has 3 nitrogen and oxygen atoms in total. The van der Waals surface area contributed by atoms with Crippen LogP contribution in [0.4, 0.5) is 32.0 Å². The summed E-state index contributed by atoms with van der Waals surface area (Å²) in [6.45, 7) is 3.77. The van der Waals surface area contributed by atoms with Crippen molar-refractivity contribution >= 4 is 16.6 Å². The summed E-state index contributed by atoms with van der Waals surface area (Å²) < 4.78 is 87.3. The van der Waals surface area contributed by atoms with E-state index in [1.807, 2.05) is 6.92 Å². The van der Waals surface area contributed by atoms with Crippen LogP contribution in [0.15, 0.2) is 36.5 Å². The number of H-pyrrole nitrogens is 1. The summed E-state index contributed by atoms with van der Waals surface area (Å²) in [6, 6.07) is 5.66. The topological polar surface area (TPSA) is 37.0 Å². The van der Waals surface area contributed by atoms with Gasteiger partial charge in [0, 0.05) is 29.3 Å². The predicted molar refractivity (Wildman–Crippen MR) is 108 cm³/mol. The first-order valence-corrected chi connectivity index (χ1v) is 9.88. The van der Waals surface area contributed by atoms with Gasteiger partial charge in [0.25, 0.3) is 0 Å². The molecule has 9 heteroatoms. The Hall–Kier alpha value is -2.84. The fourth-order valence-corrected chi connectivity index (χ4v) is 3.38. The molecule has 3 aromatic rings. The molecule has 1 heterocycles. The van der Waals surface area contributed by atoms with Gasteiger partial charge in [-0.15, -0.1) is 0 Å². The number of aromatic nitrogens is 1. The van der Waals surface area contributed by atoms with Gasteiger partial charge in [0.1, 0.15) is 16.9 Å². The molecule has 0 spiro atoms. The van der Waals surface area contributed by atoms with Crippen LogP contribution in [0, 0.1) is 0 Å². The van der Waals surface area contributed by atoms with E-state index in [9.17, 15) is 26.3 Å². The lowest BCUT2D eigenvalue weighted by Crippen LogP contribution is -2.15. The number of halogens is 6. The zero-order valence-corrected chi connectivity index (χ0v) is 17.0. The molecule has 0 saturated heterocycles. The molecule has 0 amide bonds. The first kappa shape index (κ1) is 22.8. The van der Waals surface area contributed by atoms with Crippen LogP contribution in [0.3, 0.4) is 0 Å². The average molecular weight is 444 g/mol. The van der Waals surface area contributed by atoms with Gasteiger partial charge in [-0.05, 0) is 55.7 Å². The minimum Gasteiger partial charge on any atom is -0.456 e. The predicted octanol–water partition coefficient (Wildman–Crippen LogP) is 7.77. The van der Waals surface area contributed by atoms with Gasteiger partial charge in [-0.2, -0.15) is 26.3 Å². The fraction of sp³-hybridized carbons (Fsp3) is 0.364. The average Bonchev–Trinajstić information content (AvgIpc) is 3.08. The molecular weight excluding hydrogens is 422 g/mol. The van der Waals surface area contributed by atoms with Crippen molar-refractivity contribution in [3.05, 3.63) is 53.2 Å². The summed E-state index contributed by atoms with van der Waals surface area (Å²) in [4.78, 5) is 3.06. The SMILES string of the molecule is CCCCc1c[nH]c2ccc(Oc3c(C(F)(F)F)cc(NCC)cc3C(F)(F)F)cc12. The van der Waals surface area contributed by atoms with E-state index < -0.39 is 29.2 Å². The largest absolute Gasteiger partial charge is 0.456 e. The van der Waals surface area contributed by atoms with Gasteiger partial charge < -0.3 is 15.0 Å². The zero-order chi connectivity index (χ0) is 22.8. The maximum absolute atomic E-state index is 13.7. The zero-order valence-electron chi connectivity index (χ0n) is 17.0. The Morgan fingerprint density at radius 1 is 0.935 bits per heavy atom. The molecule has 168 valence electrons. The second-order valence-electron chi connectivity index (χ2n) is 7.15. The Kier molecular flexibility index (Phi) is 6.43. The fourth-order valence-electron chi connectivity index (χ4n) is 3.38. The molecule has 0 unspecified atom stereocenters. The van der Waals surface area contributed by atoms with Gasteiger partial charge in [0.05, 0.1) is 0 Å². The lowest BCUT2D eigenvalue weighted by Gasteiger charge is -2.21. The number of hydrogen-bond donors (Lipinski definition) is 2. The van der Waals surface area contributed by atoms with Crippen molar-refractivity contribution in [1.82, 2.24) is 4.98 Å². The van der Waals surface area contributed by atoms with Crippen molar-refractivity contribution in [2.45, 2.75) is 45.5 Å². The van der Waals surface area contributed by atoms with Crippen LogP contribution in [0.25, 0.3) is 10.9 Å². The van der Waals surface area contributed by atoms with Crippen LogP contribution in [0.2, 0.25) is 0 Å². The van der Waals surface area contributed by atoms with E-state index >= 15 is 0 Å². The molecule has 0 bridgehead atoms. The minimum atomic E-state index is -5.04. The summed E-state index contributed by atoms with van der Waals surface area (Å²) >= 11 is 0. The van der Waals surface area contributed by atoms with E-state index in [2.05, 4.69) is 10.3 Å². The molecule has 0 atom stereocenters. The van der Waals surface area contributed by atoms with E-state index in [4.69, 9.17) is 4.74 Å². The Balaban J connectivity index is 2.13. The maximum Gasteiger partial charge on any atom is 0.420 e. The Bertz CT molecular complexity index is 1020. The van der Waals surface area contributed by atoms with Gasteiger partial charge in [0.2, 0.25) is 0 Å². The summed E-state index contributed by atoms with van der Waals surface area (Å²) in [5, 5.41) is 3.22. The van der Waals surface area contributed by atoms with Gasteiger partial charge in [0.15, 0.2) is 5.75 Å². The van der Waals surface area contributed by atoms with Gasteiger partial charge in [-0.3, -0.25) is 0 Å². The monoisotopic (exact) mass is 444 g/mol. The normalized spacial score (nSPS) is 12.4. The number of fused-ring (bicyclic) bond motifs is 1. The number of hydrogen-bond acceptors (Lipinski definition) is 2. The number of benzene rings is 2. The molecule has 0 aliphatic carbocycles. The van der Waals surface area contributed by atoms with Crippen LogP contribution in [-0.2, 0) is 18.8 Å². The third-order valence-corrected chi connectivity index (χ3v) is 4.84. The number of alkyl halides is 6. The first-order valence-electron chi connectivity index (χ1n) is 9.88. The highest BCUT2D eigenvalue weighted by Gasteiger charge is 2.43. The summed E-state index contributed by atoms with van der Waals surface area (Å²) in [7, 11) is 0. The standard InChI is InChI=1S/C22H22F6N2O/c1-3-5-6-13-12-30-19-8-7-15(11-16(13)19)31-20-17(21(23,24)25)9-14(29-4-2)10-18(20)22(26,27)28/h7-12,29-30H,3-6H2,1-2H3. The summed E-state index contributed by atoms with van der Waals surface area (Å²) in [5.74, 6) is -1.36. The van der Waals surface area contributed by atoms with Crippen molar-refractivity contribution < 1.29 is 31.1 Å². The van der Waals surface area contributed by atoms with E-state index in [-0.39, 0.29) is 18.0 Å². The second kappa shape index (κ2) is 8.72. The van der Waals surface area contributed by atoms with Crippen molar-refractivity contribution in [2.75, 3.05) is 11.9 Å². The Morgan fingerprint density at radius 2 is 1.58 bits per heavy atom. The van der Waals surface area contributed by atoms with Crippen LogP contribution >= 0.6 is 0 Å². The quantitative estimate of drug-likeness (QED) is 0.365. The molecule has 0 aliphatic heterocycles. The number of rotatable bonds is 7. The molecule has 1 aromatic heterocycles. The van der Waals surface area contributed by atoms with E-state index in [1.165, 1.54) is 12.1 Å². The molecular formula is C22H22F6N2O. The molecule has 0 aliphatic rings. The Morgan fingerprint density at radius 3 is 2.13 bits per heavy atom. The van der Waals surface area contributed by atoms with Gasteiger partial charge >= 0.3 is 12.4 Å². The molecule has 31 heavy (non-hydrogen) atoms. The molecule has 3 rings (SSSR count). The Labute approximate surface area is 175 Å². The molecule has 0 saturated carbocycles. The van der Waals surface area contributed by atoms with E-state index in [0.29, 0.717) is 17.5 Å². The van der Waals surface area contributed by atoms with Gasteiger partial charge in [-0.25, -0.2) is 0 Å². The molecule has 2 aromatic carbocycles. The number of unbranched alkanes of at least 4 members (excludes halogenated alkanes) is 1. The van der Waals surface area contributed by atoms with Crippen LogP contribution in [0.5, 0.6) is 11.5 Å². The lowest BCUT2D eigenvalue weighted by molar-refractivity contribution is -0.144. The number of aromatic amines is 1. The van der Waals surface area contributed by atoms with Crippen molar-refractivity contribution in [1.29, 1.82) is 0 Å². The van der Waals surface area contributed by atoms with Crippen molar-refractivity contribution in [3.63, 3.8) is 0 Å². The highest BCUT2D eigenvalue weighted by molar-refractivity contribution is 5.84. The summed E-state index contributed by atoms with van der Waals surface area (Å²) in [5.41, 5.74) is -1.60. The van der Waals surface area contributed by atoms with Gasteiger partial charge in [-0.1, -0.05) is 13.3 Å². The molecule has 0 radical (unpaired) electrons. The number of anilines is 1. The summed E-state index contributed by atoms with van der Waals surface area (Å²) in [6.07, 6.45) is -5.70. The first-order chi connectivity index (χ1) is 14.5. The lowest BCUT2D eigenvalue weighted by atomic mass is 10.1. The van der Waals surface area contributed by atoms with Crippen molar-refractivity contribution in [2.24, 2.45) is 0 Å². The second-order valence-corrected chi connectivity index (χ2v) is 7.15. The highest BCUT2D eigenvalue weighted by Crippen LogP contribution is 2.47. The molecule has 0 fully saturated rings. The molecule has 2 N–H and O–H groups in total. The van der Waals surface area contributed by atoms with E-state index in [1.54, 1.807) is 19.2 Å². The number of aryl methyl sites for hydroxylation is 1. The smallest absolute Gasteiger partial charge is 0.420 e. The van der Waals surface area contributed by atoms with Crippen molar-refractivity contribution in [3.8, 4) is 11.5 Å². The highest BCUT2D eigenvalue weighted by atomic mass is 19.4. The minimum absolute atomic E-state index is 0.1000. The van der Waals surface area contributed by atoms with Crippen LogP contribution in [0.1, 0.15) is 43.4 Å². The van der Waals surface area contributed by atoms with Crippen LogP contribution < -0.4 is 10.1 Å². The van der Waals surface area contributed by atoms with Crippen LogP contribution in [-0.4, -0.2) is 11.5 Å². The maximum atomic E-state index is 13.7. The van der Waals surface area contributed by atoms with E-state index in [0.717, 1.165) is 30.3 Å². The number of nitrogens with one attached hydrogen (secondary N) is 2.